The van der Waals surface area contributed by atoms with E-state index < -0.39 is 0 Å². The molecule has 7 heteroatoms. The van der Waals surface area contributed by atoms with Gasteiger partial charge < -0.3 is 10.3 Å². The molecular formula is C12H12N6O. The van der Waals surface area contributed by atoms with Gasteiger partial charge in [0.1, 0.15) is 0 Å². The molecule has 0 saturated heterocycles. The van der Waals surface area contributed by atoms with E-state index in [1.807, 2.05) is 24.3 Å². The lowest BCUT2D eigenvalue weighted by atomic mass is 10.1. The van der Waals surface area contributed by atoms with Gasteiger partial charge >= 0.3 is 0 Å². The third-order valence-electron chi connectivity index (χ3n) is 2.72. The van der Waals surface area contributed by atoms with Crippen LogP contribution in [0.1, 0.15) is 11.5 Å². The number of anilines is 1. The third-order valence-corrected chi connectivity index (χ3v) is 2.72. The largest absolute Gasteiger partial charge is 0.399 e. The molecule has 3 rings (SSSR count). The second kappa shape index (κ2) is 4.89. The quantitative estimate of drug-likeness (QED) is 0.680. The highest BCUT2D eigenvalue weighted by Crippen LogP contribution is 2.13. The summed E-state index contributed by atoms with van der Waals surface area (Å²) in [4.78, 5) is 4.26. The van der Waals surface area contributed by atoms with Crippen LogP contribution in [-0.2, 0) is 12.8 Å². The molecule has 0 fully saturated rings. The summed E-state index contributed by atoms with van der Waals surface area (Å²) >= 11 is 0. The Kier molecular flexibility index (Phi) is 2.93. The summed E-state index contributed by atoms with van der Waals surface area (Å²) in [7, 11) is 0. The lowest BCUT2D eigenvalue weighted by Gasteiger charge is -1.98. The molecule has 0 saturated carbocycles. The predicted molar refractivity (Wildman–Crippen MR) is 67.9 cm³/mol. The van der Waals surface area contributed by atoms with Crippen molar-refractivity contribution in [3.05, 3.63) is 41.9 Å². The van der Waals surface area contributed by atoms with Crippen molar-refractivity contribution < 1.29 is 4.52 Å². The number of nitrogens with zero attached hydrogens (tertiary/aromatic N) is 4. The Bertz CT molecular complexity index is 643. The van der Waals surface area contributed by atoms with Gasteiger partial charge in [0.15, 0.2) is 5.69 Å². The van der Waals surface area contributed by atoms with Gasteiger partial charge in [-0.05, 0) is 24.1 Å². The maximum absolute atomic E-state index is 5.63. The zero-order valence-electron chi connectivity index (χ0n) is 10.1. The van der Waals surface area contributed by atoms with Crippen LogP contribution in [-0.4, -0.2) is 25.6 Å². The Hall–Kier alpha value is -2.70. The maximum Gasteiger partial charge on any atom is 0.227 e. The molecule has 7 nitrogen and oxygen atoms in total. The maximum atomic E-state index is 5.63. The van der Waals surface area contributed by atoms with Gasteiger partial charge in [-0.1, -0.05) is 17.3 Å². The van der Waals surface area contributed by atoms with Gasteiger partial charge in [0.2, 0.25) is 11.7 Å². The number of nitrogens with two attached hydrogens (primary N) is 1. The molecule has 2 heterocycles. The van der Waals surface area contributed by atoms with E-state index in [1.165, 1.54) is 5.56 Å². The van der Waals surface area contributed by atoms with Crippen molar-refractivity contribution in [2.45, 2.75) is 12.8 Å². The highest BCUT2D eigenvalue weighted by atomic mass is 16.5. The molecule has 0 amide bonds. The number of hydrogen-bond donors (Lipinski definition) is 2. The first-order chi connectivity index (χ1) is 9.31. The number of aromatic nitrogens is 5. The monoisotopic (exact) mass is 256 g/mol. The Labute approximate surface area is 108 Å². The van der Waals surface area contributed by atoms with Gasteiger partial charge in [0, 0.05) is 12.1 Å². The van der Waals surface area contributed by atoms with Crippen LogP contribution < -0.4 is 5.73 Å². The Morgan fingerprint density at radius 1 is 1.16 bits per heavy atom. The van der Waals surface area contributed by atoms with Crippen LogP contribution in [0.15, 0.2) is 35.0 Å². The number of aryl methyl sites for hydroxylation is 2. The van der Waals surface area contributed by atoms with Crippen molar-refractivity contribution in [1.82, 2.24) is 25.6 Å². The van der Waals surface area contributed by atoms with Crippen LogP contribution in [0, 0.1) is 0 Å². The zero-order chi connectivity index (χ0) is 13.1. The number of aromatic amines is 1. The molecule has 3 aromatic rings. The van der Waals surface area contributed by atoms with Crippen molar-refractivity contribution >= 4 is 5.69 Å². The summed E-state index contributed by atoms with van der Waals surface area (Å²) in [5.74, 6) is 1.02. The first-order valence-corrected chi connectivity index (χ1v) is 5.84. The summed E-state index contributed by atoms with van der Waals surface area (Å²) in [6, 6.07) is 7.74. The predicted octanol–water partition coefficient (Wildman–Crippen LogP) is 1.22. The van der Waals surface area contributed by atoms with Crippen LogP contribution in [0.3, 0.4) is 0 Å². The van der Waals surface area contributed by atoms with Gasteiger partial charge in [-0.3, -0.25) is 0 Å². The molecule has 3 N–H and O–H groups in total. The van der Waals surface area contributed by atoms with E-state index in [1.54, 1.807) is 6.20 Å². The van der Waals surface area contributed by atoms with Gasteiger partial charge in [-0.25, -0.2) is 0 Å². The number of rotatable bonds is 4. The van der Waals surface area contributed by atoms with Crippen molar-refractivity contribution in [3.8, 4) is 11.5 Å². The topological polar surface area (TPSA) is 107 Å². The van der Waals surface area contributed by atoms with Crippen LogP contribution >= 0.6 is 0 Å². The Morgan fingerprint density at radius 3 is 2.74 bits per heavy atom. The fourth-order valence-corrected chi connectivity index (χ4v) is 1.71. The molecule has 96 valence electrons. The average Bonchev–Trinajstić information content (AvgIpc) is 3.09. The first-order valence-electron chi connectivity index (χ1n) is 5.84. The van der Waals surface area contributed by atoms with E-state index in [0.29, 0.717) is 23.8 Å². The summed E-state index contributed by atoms with van der Waals surface area (Å²) < 4.78 is 5.17. The molecule has 0 aliphatic heterocycles. The molecule has 0 aliphatic rings. The highest BCUT2D eigenvalue weighted by Gasteiger charge is 2.10. The standard InChI is InChI=1S/C12H12N6O/c13-9-4-1-8(2-5-9)3-6-11-15-12(17-19-11)10-7-14-18-16-10/h1-2,4-5,7H,3,6,13H2,(H,14,16,18). The summed E-state index contributed by atoms with van der Waals surface area (Å²) in [5, 5.41) is 14.0. The molecule has 19 heavy (non-hydrogen) atoms. The summed E-state index contributed by atoms with van der Waals surface area (Å²) in [6.45, 7) is 0. The van der Waals surface area contributed by atoms with Crippen molar-refractivity contribution in [2.75, 3.05) is 5.73 Å². The molecule has 2 aromatic heterocycles. The van der Waals surface area contributed by atoms with Crippen molar-refractivity contribution in [1.29, 1.82) is 0 Å². The number of hydrogen-bond acceptors (Lipinski definition) is 6. The highest BCUT2D eigenvalue weighted by molar-refractivity contribution is 5.44. The minimum Gasteiger partial charge on any atom is -0.399 e. The zero-order valence-corrected chi connectivity index (χ0v) is 10.1. The van der Waals surface area contributed by atoms with Gasteiger partial charge in [0.05, 0.1) is 6.20 Å². The molecule has 0 spiro atoms. The Balaban J connectivity index is 1.66. The van der Waals surface area contributed by atoms with E-state index in [2.05, 4.69) is 25.6 Å². The number of nitrogens with one attached hydrogen (secondary N) is 1. The van der Waals surface area contributed by atoms with Crippen LogP contribution in [0.4, 0.5) is 5.69 Å². The van der Waals surface area contributed by atoms with Gasteiger partial charge in [0.25, 0.3) is 0 Å². The third kappa shape index (κ3) is 2.59. The van der Waals surface area contributed by atoms with Crippen molar-refractivity contribution in [2.24, 2.45) is 0 Å². The smallest absolute Gasteiger partial charge is 0.227 e. The van der Waals surface area contributed by atoms with Gasteiger partial charge in [-0.2, -0.15) is 20.4 Å². The van der Waals surface area contributed by atoms with Crippen molar-refractivity contribution in [3.63, 3.8) is 0 Å². The molecule has 0 unspecified atom stereocenters. The number of H-pyrrole nitrogens is 1. The minimum atomic E-state index is 0.445. The molecule has 1 aromatic carbocycles. The molecule has 0 radical (unpaired) electrons. The number of nitrogen functional groups attached to an aromatic ring is 1. The second-order valence-electron chi connectivity index (χ2n) is 4.11. The molecule has 0 bridgehead atoms. The Morgan fingerprint density at radius 2 is 2.00 bits per heavy atom. The molecular weight excluding hydrogens is 244 g/mol. The number of benzene rings is 1. The molecule has 0 atom stereocenters. The van der Waals surface area contributed by atoms with Crippen LogP contribution in [0.2, 0.25) is 0 Å². The SMILES string of the molecule is Nc1ccc(CCc2nc(-c3cn[nH]n3)no2)cc1. The van der Waals surface area contributed by atoms with E-state index in [4.69, 9.17) is 10.3 Å². The van der Waals surface area contributed by atoms with E-state index in [0.717, 1.165) is 12.1 Å². The average molecular weight is 256 g/mol. The van der Waals surface area contributed by atoms with Gasteiger partial charge in [-0.15, -0.1) is 0 Å². The lowest BCUT2D eigenvalue weighted by Crippen LogP contribution is -1.92. The minimum absolute atomic E-state index is 0.445. The van der Waals surface area contributed by atoms with E-state index >= 15 is 0 Å². The fraction of sp³-hybridized carbons (Fsp3) is 0.167. The lowest BCUT2D eigenvalue weighted by molar-refractivity contribution is 0.379. The van der Waals surface area contributed by atoms with E-state index in [9.17, 15) is 0 Å². The van der Waals surface area contributed by atoms with Crippen LogP contribution in [0.25, 0.3) is 11.5 Å². The fourth-order valence-electron chi connectivity index (χ4n) is 1.71. The first kappa shape index (κ1) is 11.4. The van der Waals surface area contributed by atoms with Crippen LogP contribution in [0.5, 0.6) is 0 Å². The normalized spacial score (nSPS) is 10.7. The molecule has 0 aliphatic carbocycles. The summed E-state index contributed by atoms with van der Waals surface area (Å²) in [6.07, 6.45) is 3.05. The second-order valence-corrected chi connectivity index (χ2v) is 4.11. The summed E-state index contributed by atoms with van der Waals surface area (Å²) in [5.41, 5.74) is 8.14. The van der Waals surface area contributed by atoms with E-state index in [-0.39, 0.29) is 0 Å².